The Labute approximate surface area is 150 Å². The van der Waals surface area contributed by atoms with E-state index in [0.29, 0.717) is 0 Å². The van der Waals surface area contributed by atoms with E-state index in [2.05, 4.69) is 48.3 Å². The molecule has 0 atom stereocenters. The van der Waals surface area contributed by atoms with Crippen LogP contribution < -0.4 is 0 Å². The molecule has 0 amide bonds. The first-order chi connectivity index (χ1) is 12.3. The number of allylic oxidation sites excluding steroid dienone is 1. The summed E-state index contributed by atoms with van der Waals surface area (Å²) in [5, 5.41) is 18.0. The molecule has 2 rings (SSSR count). The van der Waals surface area contributed by atoms with Crippen LogP contribution in [0, 0.1) is 0 Å². The van der Waals surface area contributed by atoms with Crippen molar-refractivity contribution in [3.63, 3.8) is 0 Å². The third-order valence-corrected chi connectivity index (χ3v) is 4.01. The monoisotopic (exact) mass is 334 g/mol. The molecule has 1 N–H and O–H groups in total. The van der Waals surface area contributed by atoms with Gasteiger partial charge in [0.1, 0.15) is 0 Å². The van der Waals surface area contributed by atoms with Crippen molar-refractivity contribution < 1.29 is 5.11 Å². The first kappa shape index (κ1) is 18.8. The number of rotatable bonds is 8. The van der Waals surface area contributed by atoms with Crippen molar-refractivity contribution in [3.8, 4) is 0 Å². The molecule has 0 radical (unpaired) electrons. The third-order valence-electron chi connectivity index (χ3n) is 4.01. The Balaban J connectivity index is 2.34. The summed E-state index contributed by atoms with van der Waals surface area (Å²) in [5.74, 6) is 0. The van der Waals surface area contributed by atoms with Gasteiger partial charge in [0.2, 0.25) is 0 Å². The van der Waals surface area contributed by atoms with Crippen molar-refractivity contribution in [1.29, 1.82) is 0 Å². The molecule has 0 aliphatic rings. The van der Waals surface area contributed by atoms with Gasteiger partial charge >= 0.3 is 0 Å². The van der Waals surface area contributed by atoms with Crippen LogP contribution in [0.5, 0.6) is 0 Å². The number of hydrogen-bond acceptors (Lipinski definition) is 3. The highest BCUT2D eigenvalue weighted by molar-refractivity contribution is 6.04. The molecular formula is C22H26N2O. The van der Waals surface area contributed by atoms with E-state index < -0.39 is 0 Å². The van der Waals surface area contributed by atoms with Gasteiger partial charge in [-0.2, -0.15) is 10.2 Å². The second kappa shape index (κ2) is 10.4. The lowest BCUT2D eigenvalue weighted by Crippen LogP contribution is -2.04. The highest BCUT2D eigenvalue weighted by Crippen LogP contribution is 2.14. The van der Waals surface area contributed by atoms with Crippen molar-refractivity contribution in [2.24, 2.45) is 10.2 Å². The largest absolute Gasteiger partial charge is 0.392 e. The first-order valence-electron chi connectivity index (χ1n) is 8.83. The minimum Gasteiger partial charge on any atom is -0.392 e. The van der Waals surface area contributed by atoms with Gasteiger partial charge < -0.3 is 5.11 Å². The summed E-state index contributed by atoms with van der Waals surface area (Å²) in [6.07, 6.45) is 6.18. The molecule has 2 aromatic rings. The van der Waals surface area contributed by atoms with Gasteiger partial charge in [-0.15, -0.1) is 0 Å². The molecule has 3 heteroatoms. The van der Waals surface area contributed by atoms with Crippen LogP contribution in [-0.4, -0.2) is 23.1 Å². The van der Waals surface area contributed by atoms with Crippen LogP contribution >= 0.6 is 0 Å². The van der Waals surface area contributed by atoms with Crippen LogP contribution in [0.4, 0.5) is 0 Å². The summed E-state index contributed by atoms with van der Waals surface area (Å²) >= 11 is 0. The molecular weight excluding hydrogens is 308 g/mol. The van der Waals surface area contributed by atoms with Crippen molar-refractivity contribution in [2.75, 3.05) is 6.61 Å². The highest BCUT2D eigenvalue weighted by Gasteiger charge is 2.07. The van der Waals surface area contributed by atoms with E-state index in [1.807, 2.05) is 36.4 Å². The van der Waals surface area contributed by atoms with E-state index in [4.69, 9.17) is 5.11 Å². The maximum atomic E-state index is 8.92. The van der Waals surface area contributed by atoms with Gasteiger partial charge in [-0.1, -0.05) is 80.6 Å². The zero-order valence-corrected chi connectivity index (χ0v) is 15.0. The Hall–Kier alpha value is -2.52. The standard InChI is InChI=1S/C22H26N2O/c1-3-21(19-14-6-5-7-15-19)23-24-22(4-2)20-16-9-8-12-18(20)13-10-11-17-25/h5-12,14-16,25H,3-4,13,17H2,1-2H3/b11-10+,23-21+,24-22+. The molecule has 0 unspecified atom stereocenters. The molecule has 2 aromatic carbocycles. The molecule has 0 saturated heterocycles. The molecule has 0 spiro atoms. The molecule has 0 heterocycles. The lowest BCUT2D eigenvalue weighted by atomic mass is 9.99. The van der Waals surface area contributed by atoms with Crippen LogP contribution in [0.3, 0.4) is 0 Å². The van der Waals surface area contributed by atoms with Crippen LogP contribution in [-0.2, 0) is 6.42 Å². The van der Waals surface area contributed by atoms with E-state index in [1.165, 1.54) is 5.56 Å². The highest BCUT2D eigenvalue weighted by atomic mass is 16.2. The number of aliphatic hydroxyl groups excluding tert-OH is 1. The van der Waals surface area contributed by atoms with Gasteiger partial charge in [-0.3, -0.25) is 0 Å². The second-order valence-corrected chi connectivity index (χ2v) is 5.68. The Morgan fingerprint density at radius 1 is 0.840 bits per heavy atom. The molecule has 0 aromatic heterocycles. The molecule has 0 fully saturated rings. The predicted octanol–water partition coefficient (Wildman–Crippen LogP) is 4.79. The molecule has 3 nitrogen and oxygen atoms in total. The van der Waals surface area contributed by atoms with E-state index in [9.17, 15) is 0 Å². The normalized spacial score (nSPS) is 12.8. The smallest absolute Gasteiger partial charge is 0.0702 e. The first-order valence-corrected chi connectivity index (χ1v) is 8.83. The van der Waals surface area contributed by atoms with Crippen LogP contribution in [0.2, 0.25) is 0 Å². The molecule has 0 aliphatic heterocycles. The minimum absolute atomic E-state index is 0.0676. The molecule has 0 bridgehead atoms. The maximum Gasteiger partial charge on any atom is 0.0702 e. The summed E-state index contributed by atoms with van der Waals surface area (Å²) in [6.45, 7) is 4.27. The predicted molar refractivity (Wildman–Crippen MR) is 106 cm³/mol. The Bertz CT molecular complexity index is 746. The minimum atomic E-state index is 0.0676. The summed E-state index contributed by atoms with van der Waals surface area (Å²) in [5.41, 5.74) is 5.41. The van der Waals surface area contributed by atoms with Gasteiger partial charge in [0.25, 0.3) is 0 Å². The maximum absolute atomic E-state index is 8.92. The molecule has 0 aliphatic carbocycles. The van der Waals surface area contributed by atoms with E-state index in [0.717, 1.165) is 41.8 Å². The van der Waals surface area contributed by atoms with E-state index in [-0.39, 0.29) is 6.61 Å². The fraction of sp³-hybridized carbons (Fsp3) is 0.273. The quantitative estimate of drug-likeness (QED) is 0.421. The van der Waals surface area contributed by atoms with Crippen molar-refractivity contribution in [1.82, 2.24) is 0 Å². The van der Waals surface area contributed by atoms with Gasteiger partial charge in [0.15, 0.2) is 0 Å². The van der Waals surface area contributed by atoms with Crippen molar-refractivity contribution in [3.05, 3.63) is 83.4 Å². The molecule has 130 valence electrons. The topological polar surface area (TPSA) is 45.0 Å². The average Bonchev–Trinajstić information content (AvgIpc) is 2.67. The zero-order valence-electron chi connectivity index (χ0n) is 15.0. The Kier molecular flexibility index (Phi) is 7.80. The number of benzene rings is 2. The summed E-state index contributed by atoms with van der Waals surface area (Å²) < 4.78 is 0. The van der Waals surface area contributed by atoms with Crippen LogP contribution in [0.15, 0.2) is 77.0 Å². The zero-order chi connectivity index (χ0) is 17.9. The van der Waals surface area contributed by atoms with Gasteiger partial charge in [-0.05, 0) is 30.4 Å². The summed E-state index contributed by atoms with van der Waals surface area (Å²) in [4.78, 5) is 0. The third kappa shape index (κ3) is 5.50. The lowest BCUT2D eigenvalue weighted by molar-refractivity contribution is 0.342. The SMILES string of the molecule is CC/C(=N\N=C(/CC)c1ccccc1C/C=C/CO)c1ccccc1. The second-order valence-electron chi connectivity index (χ2n) is 5.68. The van der Waals surface area contributed by atoms with Crippen molar-refractivity contribution in [2.45, 2.75) is 33.1 Å². The molecule has 0 saturated carbocycles. The summed E-state index contributed by atoms with van der Waals surface area (Å²) in [7, 11) is 0. The number of hydrogen-bond donors (Lipinski definition) is 1. The lowest BCUT2D eigenvalue weighted by Gasteiger charge is -2.09. The van der Waals surface area contributed by atoms with E-state index >= 15 is 0 Å². The van der Waals surface area contributed by atoms with Crippen molar-refractivity contribution >= 4 is 11.4 Å². The molecule has 25 heavy (non-hydrogen) atoms. The van der Waals surface area contributed by atoms with E-state index in [1.54, 1.807) is 6.08 Å². The van der Waals surface area contributed by atoms with Gasteiger partial charge in [0, 0.05) is 5.56 Å². The fourth-order valence-electron chi connectivity index (χ4n) is 2.66. The van der Waals surface area contributed by atoms with Gasteiger partial charge in [0.05, 0.1) is 18.0 Å². The number of aliphatic hydroxyl groups is 1. The van der Waals surface area contributed by atoms with Crippen LogP contribution in [0.25, 0.3) is 0 Å². The van der Waals surface area contributed by atoms with Crippen LogP contribution in [0.1, 0.15) is 43.4 Å². The fourth-order valence-corrected chi connectivity index (χ4v) is 2.66. The average molecular weight is 334 g/mol. The Morgan fingerprint density at radius 3 is 2.16 bits per heavy atom. The van der Waals surface area contributed by atoms with Gasteiger partial charge in [-0.25, -0.2) is 0 Å². The number of nitrogens with zero attached hydrogens (tertiary/aromatic N) is 2. The summed E-state index contributed by atoms with van der Waals surface area (Å²) in [6, 6.07) is 18.4. The Morgan fingerprint density at radius 2 is 1.48 bits per heavy atom.